The molecule has 0 saturated heterocycles. The van der Waals surface area contributed by atoms with Crippen molar-refractivity contribution >= 4 is 0 Å². The van der Waals surface area contributed by atoms with Crippen LogP contribution < -0.4 is 0 Å². The van der Waals surface area contributed by atoms with Crippen LogP contribution >= 0.6 is 0 Å². The lowest BCUT2D eigenvalue weighted by molar-refractivity contribution is -0.396. The fourth-order valence-electron chi connectivity index (χ4n) is 2.20. The molecule has 0 aliphatic rings. The second-order valence-corrected chi connectivity index (χ2v) is 4.69. The van der Waals surface area contributed by atoms with Gasteiger partial charge >= 0.3 is 0 Å². The smallest absolute Gasteiger partial charge is 0.285 e. The highest BCUT2D eigenvalue weighted by Gasteiger charge is 2.40. The third-order valence-corrected chi connectivity index (χ3v) is 3.33. The largest absolute Gasteiger partial charge is 0.331 e. The Hall–Kier alpha value is -0.120. The predicted molar refractivity (Wildman–Crippen MR) is 75.5 cm³/mol. The van der Waals surface area contributed by atoms with Crippen molar-refractivity contribution in [1.82, 2.24) is 0 Å². The van der Waals surface area contributed by atoms with Crippen molar-refractivity contribution in [1.29, 1.82) is 0 Å². The quantitative estimate of drug-likeness (QED) is 0.385. The molecule has 0 aromatic heterocycles. The fourth-order valence-corrected chi connectivity index (χ4v) is 2.20. The zero-order valence-corrected chi connectivity index (χ0v) is 13.0. The summed E-state index contributed by atoms with van der Waals surface area (Å²) in [6, 6.07) is 0. The molecule has 0 amide bonds. The van der Waals surface area contributed by atoms with Crippen molar-refractivity contribution in [3.05, 3.63) is 0 Å². The van der Waals surface area contributed by atoms with Crippen LogP contribution in [0.1, 0.15) is 66.2 Å². The number of hydrogen-bond acceptors (Lipinski definition) is 3. The lowest BCUT2D eigenvalue weighted by atomic mass is 9.96. The van der Waals surface area contributed by atoms with Gasteiger partial charge in [0.25, 0.3) is 5.97 Å². The van der Waals surface area contributed by atoms with Gasteiger partial charge in [-0.25, -0.2) is 0 Å². The van der Waals surface area contributed by atoms with E-state index in [1.165, 1.54) is 12.8 Å². The van der Waals surface area contributed by atoms with Crippen molar-refractivity contribution < 1.29 is 14.2 Å². The lowest BCUT2D eigenvalue weighted by Crippen LogP contribution is -2.46. The van der Waals surface area contributed by atoms with Crippen LogP contribution in [0.4, 0.5) is 0 Å². The minimum absolute atomic E-state index is 0.305. The molecular formula is C15H32O3. The third kappa shape index (κ3) is 5.68. The minimum Gasteiger partial charge on any atom is -0.331 e. The first kappa shape index (κ1) is 17.9. The molecule has 0 heterocycles. The molecule has 18 heavy (non-hydrogen) atoms. The first-order valence-corrected chi connectivity index (χ1v) is 7.53. The molecule has 0 fully saturated rings. The Morgan fingerprint density at radius 2 is 1.61 bits per heavy atom. The van der Waals surface area contributed by atoms with Crippen molar-refractivity contribution in [2.75, 3.05) is 20.3 Å². The average Bonchev–Trinajstić information content (AvgIpc) is 2.39. The summed E-state index contributed by atoms with van der Waals surface area (Å²) >= 11 is 0. The Morgan fingerprint density at radius 1 is 0.944 bits per heavy atom. The van der Waals surface area contributed by atoms with E-state index in [9.17, 15) is 0 Å². The Labute approximate surface area is 113 Å². The summed E-state index contributed by atoms with van der Waals surface area (Å²) in [5, 5.41) is 0. The minimum atomic E-state index is -0.839. The summed E-state index contributed by atoms with van der Waals surface area (Å²) in [4.78, 5) is 0. The highest BCUT2D eigenvalue weighted by molar-refractivity contribution is 4.70. The number of rotatable bonds is 12. The zero-order valence-electron chi connectivity index (χ0n) is 13.0. The maximum absolute atomic E-state index is 5.97. The maximum Gasteiger partial charge on any atom is 0.285 e. The van der Waals surface area contributed by atoms with Gasteiger partial charge in [0, 0.05) is 19.6 Å². The molecule has 0 bridgehead atoms. The summed E-state index contributed by atoms with van der Waals surface area (Å²) in [7, 11) is 1.69. The van der Waals surface area contributed by atoms with Crippen LogP contribution in [0, 0.1) is 5.92 Å². The van der Waals surface area contributed by atoms with Gasteiger partial charge in [-0.15, -0.1) is 0 Å². The van der Waals surface area contributed by atoms with Crippen molar-refractivity contribution in [3.63, 3.8) is 0 Å². The van der Waals surface area contributed by atoms with Crippen molar-refractivity contribution in [2.45, 2.75) is 72.2 Å². The molecule has 2 atom stereocenters. The molecule has 3 heteroatoms. The Kier molecular flexibility index (Phi) is 10.7. The van der Waals surface area contributed by atoms with Gasteiger partial charge in [-0.2, -0.15) is 0 Å². The van der Waals surface area contributed by atoms with E-state index in [0.29, 0.717) is 19.1 Å². The number of ether oxygens (including phenoxy) is 3. The molecule has 110 valence electrons. The van der Waals surface area contributed by atoms with Gasteiger partial charge in [0.2, 0.25) is 0 Å². The molecule has 2 unspecified atom stereocenters. The van der Waals surface area contributed by atoms with Crippen LogP contribution in [0.5, 0.6) is 0 Å². The molecule has 0 radical (unpaired) electrons. The van der Waals surface area contributed by atoms with Gasteiger partial charge in [0.1, 0.15) is 0 Å². The van der Waals surface area contributed by atoms with E-state index >= 15 is 0 Å². The molecular weight excluding hydrogens is 228 g/mol. The Balaban J connectivity index is 4.65. The second-order valence-electron chi connectivity index (χ2n) is 4.69. The average molecular weight is 260 g/mol. The highest BCUT2D eigenvalue weighted by atomic mass is 16.9. The van der Waals surface area contributed by atoms with Gasteiger partial charge < -0.3 is 14.2 Å². The Morgan fingerprint density at radius 3 is 2.06 bits per heavy atom. The van der Waals surface area contributed by atoms with E-state index in [4.69, 9.17) is 14.2 Å². The van der Waals surface area contributed by atoms with Gasteiger partial charge in [-0.1, -0.05) is 40.0 Å². The van der Waals surface area contributed by atoms with Gasteiger partial charge in [-0.05, 0) is 26.2 Å². The van der Waals surface area contributed by atoms with E-state index in [2.05, 4.69) is 20.8 Å². The third-order valence-electron chi connectivity index (χ3n) is 3.33. The lowest BCUT2D eigenvalue weighted by Gasteiger charge is -2.38. The maximum atomic E-state index is 5.97. The zero-order chi connectivity index (χ0) is 13.9. The highest BCUT2D eigenvalue weighted by Crippen LogP contribution is 2.32. The van der Waals surface area contributed by atoms with Crippen LogP contribution in [0.25, 0.3) is 0 Å². The topological polar surface area (TPSA) is 27.7 Å². The summed E-state index contributed by atoms with van der Waals surface area (Å²) in [6.45, 7) is 9.85. The fraction of sp³-hybridized carbons (Fsp3) is 1.00. The standard InChI is InChI=1S/C15H32O3/c1-6-10-12-14(8-3)15(16-5,17-9-4)18-13-11-7-2/h14H,6-13H2,1-5H3. The summed E-state index contributed by atoms with van der Waals surface area (Å²) < 4.78 is 17.4. The van der Waals surface area contributed by atoms with Crippen LogP contribution in [0.3, 0.4) is 0 Å². The van der Waals surface area contributed by atoms with E-state index in [1.54, 1.807) is 7.11 Å². The van der Waals surface area contributed by atoms with E-state index in [-0.39, 0.29) is 0 Å². The van der Waals surface area contributed by atoms with Crippen LogP contribution in [-0.4, -0.2) is 26.3 Å². The summed E-state index contributed by atoms with van der Waals surface area (Å²) in [5.41, 5.74) is 0. The van der Waals surface area contributed by atoms with Crippen LogP contribution in [0.15, 0.2) is 0 Å². The molecule has 0 saturated carbocycles. The van der Waals surface area contributed by atoms with Crippen molar-refractivity contribution in [2.24, 2.45) is 5.92 Å². The molecule has 0 aliphatic heterocycles. The molecule has 0 aromatic carbocycles. The molecule has 0 spiro atoms. The normalized spacial score (nSPS) is 16.5. The molecule has 0 aromatic rings. The second kappa shape index (κ2) is 10.8. The first-order valence-electron chi connectivity index (χ1n) is 7.53. The van der Waals surface area contributed by atoms with Gasteiger partial charge in [-0.3, -0.25) is 0 Å². The SMILES string of the molecule is CCCCOC(OC)(OCC)C(CC)CCCC. The van der Waals surface area contributed by atoms with Crippen LogP contribution in [0.2, 0.25) is 0 Å². The van der Waals surface area contributed by atoms with Crippen LogP contribution in [-0.2, 0) is 14.2 Å². The predicted octanol–water partition coefficient (Wildman–Crippen LogP) is 4.36. The van der Waals surface area contributed by atoms with Gasteiger partial charge in [0.15, 0.2) is 0 Å². The first-order chi connectivity index (χ1) is 8.70. The number of unbranched alkanes of at least 4 members (excludes halogenated alkanes) is 2. The van der Waals surface area contributed by atoms with E-state index < -0.39 is 5.97 Å². The monoisotopic (exact) mass is 260 g/mol. The summed E-state index contributed by atoms with van der Waals surface area (Å²) in [6.07, 6.45) is 6.65. The van der Waals surface area contributed by atoms with E-state index in [1.807, 2.05) is 6.92 Å². The van der Waals surface area contributed by atoms with Crippen molar-refractivity contribution in [3.8, 4) is 0 Å². The molecule has 0 aliphatic carbocycles. The summed E-state index contributed by atoms with van der Waals surface area (Å²) in [5.74, 6) is -0.535. The molecule has 3 nitrogen and oxygen atoms in total. The van der Waals surface area contributed by atoms with Gasteiger partial charge in [0.05, 0.1) is 6.61 Å². The molecule has 0 N–H and O–H groups in total. The number of hydrogen-bond donors (Lipinski definition) is 0. The Bertz CT molecular complexity index is 185. The number of methoxy groups -OCH3 is 1. The van der Waals surface area contributed by atoms with E-state index in [0.717, 1.165) is 25.7 Å². The molecule has 0 rings (SSSR count).